The number of hydrogen-bond donors (Lipinski definition) is 6. The molecule has 1 aliphatic rings. The SMILES string of the molecule is [2H]C(N)CCCCC(=O)NC1O[C@H](CO)[C@H](O)[C@H](O)[C@H]1O. The van der Waals surface area contributed by atoms with E-state index in [9.17, 15) is 20.1 Å². The Labute approximate surface area is 118 Å². The molecule has 8 heteroatoms. The van der Waals surface area contributed by atoms with Gasteiger partial charge in [0, 0.05) is 7.79 Å². The molecule has 118 valence electrons. The molecule has 1 heterocycles. The largest absolute Gasteiger partial charge is 0.394 e. The van der Waals surface area contributed by atoms with Crippen molar-refractivity contribution in [3.63, 3.8) is 0 Å². The molecule has 6 atom stereocenters. The molecule has 1 amide bonds. The number of hydrogen-bond acceptors (Lipinski definition) is 7. The minimum Gasteiger partial charge on any atom is -0.394 e. The van der Waals surface area contributed by atoms with Gasteiger partial charge in [-0.15, -0.1) is 0 Å². The van der Waals surface area contributed by atoms with E-state index in [2.05, 4.69) is 5.32 Å². The van der Waals surface area contributed by atoms with Crippen molar-refractivity contribution in [3.8, 4) is 0 Å². The third kappa shape index (κ3) is 4.65. The van der Waals surface area contributed by atoms with E-state index in [1.54, 1.807) is 0 Å². The number of ether oxygens (including phenoxy) is 1. The second kappa shape index (κ2) is 8.50. The number of aliphatic hydroxyl groups is 4. The molecular weight excluding hydrogens is 268 g/mol. The average Bonchev–Trinajstić information content (AvgIpc) is 2.44. The second-order valence-electron chi connectivity index (χ2n) is 4.80. The van der Waals surface area contributed by atoms with Crippen LogP contribution >= 0.6 is 0 Å². The number of carbonyl (C=O) groups is 1. The Balaban J connectivity index is 2.40. The van der Waals surface area contributed by atoms with Gasteiger partial charge in [-0.2, -0.15) is 0 Å². The summed E-state index contributed by atoms with van der Waals surface area (Å²) in [4.78, 5) is 11.7. The maximum absolute atomic E-state index is 11.7. The van der Waals surface area contributed by atoms with Gasteiger partial charge < -0.3 is 36.2 Å². The van der Waals surface area contributed by atoms with Crippen LogP contribution in [-0.2, 0) is 9.53 Å². The fraction of sp³-hybridized carbons (Fsp3) is 0.917. The van der Waals surface area contributed by atoms with Gasteiger partial charge in [-0.25, -0.2) is 0 Å². The summed E-state index contributed by atoms with van der Waals surface area (Å²) in [5, 5.41) is 40.3. The van der Waals surface area contributed by atoms with E-state index in [4.69, 9.17) is 16.9 Å². The van der Waals surface area contributed by atoms with Gasteiger partial charge in [0.25, 0.3) is 0 Å². The Morgan fingerprint density at radius 1 is 1.20 bits per heavy atom. The zero-order valence-corrected chi connectivity index (χ0v) is 11.2. The van der Waals surface area contributed by atoms with Crippen LogP contribution in [0.2, 0.25) is 0 Å². The zero-order valence-electron chi connectivity index (χ0n) is 12.2. The summed E-state index contributed by atoms with van der Waals surface area (Å²) in [6.07, 6.45) is -4.84. The predicted octanol–water partition coefficient (Wildman–Crippen LogP) is -2.58. The number of unbranched alkanes of at least 4 members (excludes halogenated alkanes) is 1. The molecule has 0 saturated carbocycles. The normalized spacial score (nSPS) is 36.2. The van der Waals surface area contributed by atoms with Gasteiger partial charge in [0.1, 0.15) is 24.4 Å². The van der Waals surface area contributed by atoms with Gasteiger partial charge in [-0.05, 0) is 19.4 Å². The van der Waals surface area contributed by atoms with Gasteiger partial charge in [0.2, 0.25) is 5.91 Å². The number of amides is 1. The summed E-state index contributed by atoms with van der Waals surface area (Å²) < 4.78 is 12.3. The summed E-state index contributed by atoms with van der Waals surface area (Å²) in [7, 11) is 0. The zero-order chi connectivity index (χ0) is 16.0. The average molecular weight is 293 g/mol. The van der Waals surface area contributed by atoms with Crippen LogP contribution in [0, 0.1) is 0 Å². The van der Waals surface area contributed by atoms with E-state index >= 15 is 0 Å². The van der Waals surface area contributed by atoms with E-state index in [1.165, 1.54) is 0 Å². The van der Waals surface area contributed by atoms with Crippen LogP contribution in [-0.4, -0.2) is 70.1 Å². The molecule has 1 saturated heterocycles. The van der Waals surface area contributed by atoms with Crippen molar-refractivity contribution in [2.24, 2.45) is 5.73 Å². The van der Waals surface area contributed by atoms with E-state index in [0.717, 1.165) is 0 Å². The number of aliphatic hydroxyl groups excluding tert-OH is 4. The topological polar surface area (TPSA) is 145 Å². The van der Waals surface area contributed by atoms with E-state index in [0.29, 0.717) is 19.3 Å². The van der Waals surface area contributed by atoms with Gasteiger partial charge in [0.05, 0.1) is 6.61 Å². The highest BCUT2D eigenvalue weighted by molar-refractivity contribution is 5.76. The molecule has 0 spiro atoms. The van der Waals surface area contributed by atoms with Crippen LogP contribution in [0.1, 0.15) is 27.1 Å². The summed E-state index contributed by atoms with van der Waals surface area (Å²) in [6.45, 7) is -1.20. The van der Waals surface area contributed by atoms with Crippen LogP contribution in [0.5, 0.6) is 0 Å². The van der Waals surface area contributed by atoms with Gasteiger partial charge in [0.15, 0.2) is 6.23 Å². The van der Waals surface area contributed by atoms with Gasteiger partial charge in [-0.1, -0.05) is 6.42 Å². The Hall–Kier alpha value is -0.770. The van der Waals surface area contributed by atoms with E-state index in [1.807, 2.05) is 0 Å². The highest BCUT2D eigenvalue weighted by Crippen LogP contribution is 2.19. The lowest BCUT2D eigenvalue weighted by atomic mass is 9.98. The Morgan fingerprint density at radius 3 is 2.50 bits per heavy atom. The van der Waals surface area contributed by atoms with Crippen molar-refractivity contribution in [2.45, 2.75) is 56.3 Å². The van der Waals surface area contributed by atoms with Crippen molar-refractivity contribution in [3.05, 3.63) is 0 Å². The van der Waals surface area contributed by atoms with Crippen molar-refractivity contribution < 1.29 is 31.3 Å². The maximum atomic E-state index is 11.7. The third-order valence-corrected chi connectivity index (χ3v) is 3.22. The molecule has 0 aromatic carbocycles. The molecule has 0 aromatic rings. The van der Waals surface area contributed by atoms with Gasteiger partial charge >= 0.3 is 0 Å². The quantitative estimate of drug-likeness (QED) is 0.283. The first-order valence-corrected chi connectivity index (χ1v) is 6.64. The third-order valence-electron chi connectivity index (χ3n) is 3.22. The summed E-state index contributed by atoms with van der Waals surface area (Å²) in [6, 6.07) is 0. The predicted molar refractivity (Wildman–Crippen MR) is 69.4 cm³/mol. The lowest BCUT2D eigenvalue weighted by Crippen LogP contribution is -2.63. The summed E-state index contributed by atoms with van der Waals surface area (Å²) in [5.41, 5.74) is 5.27. The Kier molecular flexibility index (Phi) is 6.64. The standard InChI is InChI=1S/C12H24N2O6/c13-5-3-1-2-4-8(16)14-12-11(19)10(18)9(17)7(6-15)20-12/h7,9-12,15,17-19H,1-6,13H2,(H,14,16)/t7-,9+,10+,11-,12?/m1/s1/i5D/t5?,7-,9+,10+,11-,12?. The molecule has 7 N–H and O–H groups in total. The molecule has 1 fully saturated rings. The molecule has 0 radical (unpaired) electrons. The molecule has 2 unspecified atom stereocenters. The first-order valence-electron chi connectivity index (χ1n) is 7.22. The molecule has 20 heavy (non-hydrogen) atoms. The number of carbonyl (C=O) groups excluding carboxylic acids is 1. The number of nitrogens with two attached hydrogens (primary N) is 1. The summed E-state index contributed by atoms with van der Waals surface area (Å²) in [5.74, 6) is -0.391. The van der Waals surface area contributed by atoms with Gasteiger partial charge in [-0.3, -0.25) is 4.79 Å². The van der Waals surface area contributed by atoms with Crippen molar-refractivity contribution in [1.82, 2.24) is 5.32 Å². The highest BCUT2D eigenvalue weighted by atomic mass is 16.6. The first kappa shape index (κ1) is 15.6. The van der Waals surface area contributed by atoms with Crippen LogP contribution in [0.15, 0.2) is 0 Å². The molecule has 0 aromatic heterocycles. The van der Waals surface area contributed by atoms with E-state index in [-0.39, 0.29) is 6.42 Å². The van der Waals surface area contributed by atoms with Crippen LogP contribution in [0.25, 0.3) is 0 Å². The maximum Gasteiger partial charge on any atom is 0.222 e. The highest BCUT2D eigenvalue weighted by Gasteiger charge is 2.43. The Morgan fingerprint density at radius 2 is 1.90 bits per heavy atom. The van der Waals surface area contributed by atoms with Crippen molar-refractivity contribution in [1.29, 1.82) is 0 Å². The van der Waals surface area contributed by atoms with Crippen LogP contribution in [0.4, 0.5) is 0 Å². The Bertz CT molecular complexity index is 331. The van der Waals surface area contributed by atoms with E-state index < -0.39 is 49.7 Å². The van der Waals surface area contributed by atoms with Crippen molar-refractivity contribution in [2.75, 3.05) is 13.1 Å². The second-order valence-corrected chi connectivity index (χ2v) is 4.80. The fourth-order valence-corrected chi connectivity index (χ4v) is 2.00. The molecule has 0 bridgehead atoms. The number of rotatable bonds is 7. The minimum absolute atomic E-state index is 0.168. The number of nitrogens with one attached hydrogen (secondary N) is 1. The minimum atomic E-state index is -1.51. The molecular formula is C12H24N2O6. The molecule has 8 nitrogen and oxygen atoms in total. The lowest BCUT2D eigenvalue weighted by Gasteiger charge is -2.40. The first-order chi connectivity index (χ1) is 9.86. The van der Waals surface area contributed by atoms with Crippen molar-refractivity contribution >= 4 is 5.91 Å². The smallest absolute Gasteiger partial charge is 0.222 e. The molecule has 1 aliphatic heterocycles. The monoisotopic (exact) mass is 293 g/mol. The molecule has 1 rings (SSSR count). The van der Waals surface area contributed by atoms with Crippen LogP contribution in [0.3, 0.4) is 0 Å². The molecule has 0 aliphatic carbocycles. The van der Waals surface area contributed by atoms with Crippen LogP contribution < -0.4 is 11.1 Å². The summed E-state index contributed by atoms with van der Waals surface area (Å²) >= 11 is 0. The lowest BCUT2D eigenvalue weighted by molar-refractivity contribution is -0.236. The fourth-order valence-electron chi connectivity index (χ4n) is 2.00.